The lowest BCUT2D eigenvalue weighted by molar-refractivity contribution is -0.122. The predicted octanol–water partition coefficient (Wildman–Crippen LogP) is 4.62. The molecule has 0 spiro atoms. The van der Waals surface area contributed by atoms with Crippen molar-refractivity contribution in [1.29, 1.82) is 0 Å². The Morgan fingerprint density at radius 3 is 2.52 bits per heavy atom. The van der Waals surface area contributed by atoms with Crippen LogP contribution >= 0.6 is 34.8 Å². The lowest BCUT2D eigenvalue weighted by Crippen LogP contribution is -2.34. The van der Waals surface area contributed by atoms with E-state index >= 15 is 0 Å². The summed E-state index contributed by atoms with van der Waals surface area (Å²) in [7, 11) is 0. The second-order valence-corrected chi connectivity index (χ2v) is 7.32. The fraction of sp³-hybridized carbons (Fsp3) is 0.211. The molecule has 1 amide bonds. The third-order valence-electron chi connectivity index (χ3n) is 4.18. The first-order valence-electron chi connectivity index (χ1n) is 8.28. The largest absolute Gasteiger partial charge is 0.348 e. The summed E-state index contributed by atoms with van der Waals surface area (Å²) in [4.78, 5) is 29.3. The van der Waals surface area contributed by atoms with Crippen LogP contribution in [0.4, 0.5) is 0 Å². The molecule has 3 rings (SSSR count). The Morgan fingerprint density at radius 1 is 1.15 bits per heavy atom. The van der Waals surface area contributed by atoms with Crippen LogP contribution in [0.25, 0.3) is 10.9 Å². The molecule has 1 aromatic heterocycles. The molecule has 1 N–H and O–H groups in total. The summed E-state index contributed by atoms with van der Waals surface area (Å²) in [5.41, 5.74) is 0.923. The van der Waals surface area contributed by atoms with Gasteiger partial charge in [0.25, 0.3) is 5.56 Å². The average molecular weight is 425 g/mol. The van der Waals surface area contributed by atoms with Crippen LogP contribution in [0, 0.1) is 0 Å². The van der Waals surface area contributed by atoms with Gasteiger partial charge < -0.3 is 5.32 Å². The van der Waals surface area contributed by atoms with Gasteiger partial charge >= 0.3 is 0 Å². The second-order valence-electron chi connectivity index (χ2n) is 6.04. The molecule has 8 heteroatoms. The van der Waals surface area contributed by atoms with Gasteiger partial charge in [-0.2, -0.15) is 0 Å². The highest BCUT2D eigenvalue weighted by molar-refractivity contribution is 6.38. The first-order chi connectivity index (χ1) is 12.9. The van der Waals surface area contributed by atoms with Gasteiger partial charge in [-0.15, -0.1) is 0 Å². The summed E-state index contributed by atoms with van der Waals surface area (Å²) in [6.45, 7) is 1.81. The summed E-state index contributed by atoms with van der Waals surface area (Å²) in [6, 6.07) is 10.1. The molecule has 0 aliphatic rings. The molecule has 1 unspecified atom stereocenters. The lowest BCUT2D eigenvalue weighted by atomic mass is 10.0. The van der Waals surface area contributed by atoms with Crippen LogP contribution in [-0.2, 0) is 11.3 Å². The fourth-order valence-electron chi connectivity index (χ4n) is 2.82. The molecule has 0 fully saturated rings. The van der Waals surface area contributed by atoms with Gasteiger partial charge in [-0.25, -0.2) is 4.98 Å². The van der Waals surface area contributed by atoms with Gasteiger partial charge in [-0.05, 0) is 36.2 Å². The van der Waals surface area contributed by atoms with Gasteiger partial charge in [0.15, 0.2) is 0 Å². The van der Waals surface area contributed by atoms with Crippen LogP contribution in [0.3, 0.4) is 0 Å². The molecule has 1 heterocycles. The Kier molecular flexibility index (Phi) is 6.05. The van der Waals surface area contributed by atoms with E-state index in [0.29, 0.717) is 27.0 Å². The van der Waals surface area contributed by atoms with Crippen LogP contribution in [0.5, 0.6) is 0 Å². The number of carbonyl (C=O) groups excluding carboxylic acids is 1. The maximum absolute atomic E-state index is 12.6. The van der Waals surface area contributed by atoms with E-state index < -0.39 is 0 Å². The van der Waals surface area contributed by atoms with E-state index in [9.17, 15) is 9.59 Å². The van der Waals surface area contributed by atoms with Gasteiger partial charge in [0.1, 0.15) is 6.54 Å². The zero-order chi connectivity index (χ0) is 19.6. The number of rotatable bonds is 5. The highest BCUT2D eigenvalue weighted by Crippen LogP contribution is 2.24. The maximum atomic E-state index is 12.6. The number of carbonyl (C=O) groups is 1. The standard InChI is InChI=1S/C19H16Cl3N3O2/c1-2-16(11-3-5-12(20)6-4-11)24-17(26)9-25-10-23-18-14(19(25)27)7-13(21)8-15(18)22/h3-8,10,16H,2,9H2,1H3,(H,24,26). The number of amides is 1. The van der Waals surface area contributed by atoms with Gasteiger partial charge in [0.2, 0.25) is 5.91 Å². The number of nitrogens with one attached hydrogen (secondary N) is 1. The molecule has 0 radical (unpaired) electrons. The zero-order valence-electron chi connectivity index (χ0n) is 14.4. The summed E-state index contributed by atoms with van der Waals surface area (Å²) in [6.07, 6.45) is 2.01. The maximum Gasteiger partial charge on any atom is 0.261 e. The Balaban J connectivity index is 1.82. The van der Waals surface area contributed by atoms with E-state index in [-0.39, 0.29) is 29.4 Å². The lowest BCUT2D eigenvalue weighted by Gasteiger charge is -2.18. The zero-order valence-corrected chi connectivity index (χ0v) is 16.6. The van der Waals surface area contributed by atoms with Crippen molar-refractivity contribution in [2.45, 2.75) is 25.9 Å². The SMILES string of the molecule is CCC(NC(=O)Cn1cnc2c(Cl)cc(Cl)cc2c1=O)c1ccc(Cl)cc1. The molecular weight excluding hydrogens is 409 g/mol. The number of benzene rings is 2. The van der Waals surface area contributed by atoms with Crippen molar-refractivity contribution in [1.82, 2.24) is 14.9 Å². The Morgan fingerprint density at radius 2 is 1.85 bits per heavy atom. The summed E-state index contributed by atoms with van der Waals surface area (Å²) >= 11 is 18.0. The van der Waals surface area contributed by atoms with Gasteiger partial charge in [-0.1, -0.05) is 53.9 Å². The van der Waals surface area contributed by atoms with Crippen molar-refractivity contribution in [3.05, 3.63) is 73.7 Å². The highest BCUT2D eigenvalue weighted by atomic mass is 35.5. The van der Waals surface area contributed by atoms with Crippen LogP contribution in [0.2, 0.25) is 15.1 Å². The highest BCUT2D eigenvalue weighted by Gasteiger charge is 2.15. The van der Waals surface area contributed by atoms with Crippen LogP contribution in [-0.4, -0.2) is 15.5 Å². The minimum absolute atomic E-state index is 0.157. The van der Waals surface area contributed by atoms with E-state index in [0.717, 1.165) is 5.56 Å². The Labute approximate surface area is 170 Å². The van der Waals surface area contributed by atoms with Crippen LogP contribution in [0.15, 0.2) is 47.5 Å². The smallest absolute Gasteiger partial charge is 0.261 e. The molecule has 0 saturated carbocycles. The number of nitrogens with zero attached hydrogens (tertiary/aromatic N) is 2. The van der Waals surface area contributed by atoms with Crippen molar-refractivity contribution >= 4 is 51.6 Å². The quantitative estimate of drug-likeness (QED) is 0.650. The first-order valence-corrected chi connectivity index (χ1v) is 9.41. The minimum Gasteiger partial charge on any atom is -0.348 e. The van der Waals surface area contributed by atoms with E-state index in [1.807, 2.05) is 19.1 Å². The Bertz CT molecular complexity index is 1050. The Hall–Kier alpha value is -2.08. The van der Waals surface area contributed by atoms with Crippen molar-refractivity contribution in [2.75, 3.05) is 0 Å². The number of hydrogen-bond donors (Lipinski definition) is 1. The van der Waals surface area contributed by atoms with E-state index in [1.54, 1.807) is 12.1 Å². The second kappa shape index (κ2) is 8.30. The molecule has 0 saturated heterocycles. The number of aromatic nitrogens is 2. The third kappa shape index (κ3) is 4.43. The van der Waals surface area contributed by atoms with Crippen LogP contribution < -0.4 is 10.9 Å². The van der Waals surface area contributed by atoms with Crippen molar-refractivity contribution < 1.29 is 4.79 Å². The molecule has 140 valence electrons. The summed E-state index contributed by atoms with van der Waals surface area (Å²) in [5.74, 6) is -0.298. The average Bonchev–Trinajstić information content (AvgIpc) is 2.63. The summed E-state index contributed by atoms with van der Waals surface area (Å²) in [5, 5.41) is 4.46. The van der Waals surface area contributed by atoms with Gasteiger partial charge in [0.05, 0.1) is 28.3 Å². The van der Waals surface area contributed by atoms with E-state index in [4.69, 9.17) is 34.8 Å². The van der Waals surface area contributed by atoms with Gasteiger partial charge in [-0.3, -0.25) is 14.2 Å². The van der Waals surface area contributed by atoms with Crippen LogP contribution in [0.1, 0.15) is 24.9 Å². The van der Waals surface area contributed by atoms with Crippen molar-refractivity contribution in [3.8, 4) is 0 Å². The minimum atomic E-state index is -0.376. The monoisotopic (exact) mass is 423 g/mol. The van der Waals surface area contributed by atoms with E-state index in [1.165, 1.54) is 23.0 Å². The molecule has 1 atom stereocenters. The molecule has 3 aromatic rings. The van der Waals surface area contributed by atoms with E-state index in [2.05, 4.69) is 10.3 Å². The summed E-state index contributed by atoms with van der Waals surface area (Å²) < 4.78 is 1.24. The first kappa shape index (κ1) is 19.7. The molecule has 0 aliphatic carbocycles. The molecule has 5 nitrogen and oxygen atoms in total. The van der Waals surface area contributed by atoms with Crippen molar-refractivity contribution in [2.24, 2.45) is 0 Å². The molecule has 27 heavy (non-hydrogen) atoms. The fourth-order valence-corrected chi connectivity index (χ4v) is 3.49. The predicted molar refractivity (Wildman–Crippen MR) is 109 cm³/mol. The van der Waals surface area contributed by atoms with Crippen molar-refractivity contribution in [3.63, 3.8) is 0 Å². The third-order valence-corrected chi connectivity index (χ3v) is 4.93. The number of halogens is 3. The van der Waals surface area contributed by atoms with Gasteiger partial charge in [0, 0.05) is 10.0 Å². The number of fused-ring (bicyclic) bond motifs is 1. The molecular formula is C19H16Cl3N3O2. The topological polar surface area (TPSA) is 64.0 Å². The normalized spacial score (nSPS) is 12.1. The molecule has 0 aliphatic heterocycles. The molecule has 0 bridgehead atoms. The molecule has 2 aromatic carbocycles. The number of hydrogen-bond acceptors (Lipinski definition) is 3.